The van der Waals surface area contributed by atoms with Gasteiger partial charge in [-0.05, 0) is 36.4 Å². The highest BCUT2D eigenvalue weighted by molar-refractivity contribution is 5.94. The van der Waals surface area contributed by atoms with Crippen LogP contribution in [0.15, 0.2) is 59.1 Å². The summed E-state index contributed by atoms with van der Waals surface area (Å²) >= 11 is 0. The standard InChI is InChI=1S/C17H14FN3O2/c18-14-8-6-12(7-9-14)16-20-15(23-21-16)10-11-19-17(22)13-4-2-1-3-5-13/h1-9H,10-11H2,(H,19,22). The number of hydrogen-bond donors (Lipinski definition) is 1. The summed E-state index contributed by atoms with van der Waals surface area (Å²) in [7, 11) is 0. The molecule has 23 heavy (non-hydrogen) atoms. The lowest BCUT2D eigenvalue weighted by Crippen LogP contribution is -2.25. The molecule has 0 unspecified atom stereocenters. The SMILES string of the molecule is O=C(NCCc1nc(-c2ccc(F)cc2)no1)c1ccccc1. The van der Waals surface area contributed by atoms with Crippen molar-refractivity contribution in [3.63, 3.8) is 0 Å². The predicted octanol–water partition coefficient (Wildman–Crippen LogP) is 2.85. The lowest BCUT2D eigenvalue weighted by molar-refractivity contribution is 0.0953. The maximum atomic E-state index is 12.9. The fraction of sp³-hybridized carbons (Fsp3) is 0.118. The minimum Gasteiger partial charge on any atom is -0.352 e. The number of benzene rings is 2. The summed E-state index contributed by atoms with van der Waals surface area (Å²) in [6.07, 6.45) is 0.423. The van der Waals surface area contributed by atoms with Gasteiger partial charge in [0.15, 0.2) is 0 Å². The van der Waals surface area contributed by atoms with Crippen LogP contribution < -0.4 is 5.32 Å². The van der Waals surface area contributed by atoms with Crippen LogP contribution >= 0.6 is 0 Å². The first-order valence-corrected chi connectivity index (χ1v) is 7.14. The molecule has 6 heteroatoms. The van der Waals surface area contributed by atoms with Crippen molar-refractivity contribution in [2.24, 2.45) is 0 Å². The highest BCUT2D eigenvalue weighted by atomic mass is 19.1. The van der Waals surface area contributed by atoms with Crippen molar-refractivity contribution in [3.05, 3.63) is 71.9 Å². The number of nitrogens with one attached hydrogen (secondary N) is 1. The largest absolute Gasteiger partial charge is 0.352 e. The van der Waals surface area contributed by atoms with Gasteiger partial charge in [-0.2, -0.15) is 4.98 Å². The van der Waals surface area contributed by atoms with Gasteiger partial charge in [0, 0.05) is 24.1 Å². The van der Waals surface area contributed by atoms with E-state index in [0.717, 1.165) is 0 Å². The molecule has 0 aliphatic rings. The first-order chi connectivity index (χ1) is 11.2. The Kier molecular flexibility index (Phi) is 4.42. The average Bonchev–Trinajstić information content (AvgIpc) is 3.05. The van der Waals surface area contributed by atoms with E-state index in [1.54, 1.807) is 24.3 Å². The van der Waals surface area contributed by atoms with Gasteiger partial charge in [0.1, 0.15) is 5.82 Å². The van der Waals surface area contributed by atoms with Crippen LogP contribution in [0, 0.1) is 5.82 Å². The molecule has 0 aliphatic carbocycles. The minimum atomic E-state index is -0.318. The van der Waals surface area contributed by atoms with Crippen molar-refractivity contribution in [2.75, 3.05) is 6.54 Å². The Morgan fingerprint density at radius 2 is 1.83 bits per heavy atom. The number of rotatable bonds is 5. The van der Waals surface area contributed by atoms with Gasteiger partial charge in [0.25, 0.3) is 5.91 Å². The Hall–Kier alpha value is -3.02. The van der Waals surface area contributed by atoms with Gasteiger partial charge in [0.05, 0.1) is 0 Å². The van der Waals surface area contributed by atoms with Gasteiger partial charge >= 0.3 is 0 Å². The van der Waals surface area contributed by atoms with E-state index >= 15 is 0 Å². The zero-order valence-corrected chi connectivity index (χ0v) is 12.2. The van der Waals surface area contributed by atoms with E-state index in [0.29, 0.717) is 35.8 Å². The second kappa shape index (κ2) is 6.83. The Bertz CT molecular complexity index is 785. The predicted molar refractivity (Wildman–Crippen MR) is 82.2 cm³/mol. The van der Waals surface area contributed by atoms with Crippen LogP contribution in [0.25, 0.3) is 11.4 Å². The Balaban J connectivity index is 1.55. The summed E-state index contributed by atoms with van der Waals surface area (Å²) < 4.78 is 18.0. The van der Waals surface area contributed by atoms with Gasteiger partial charge in [0.2, 0.25) is 11.7 Å². The van der Waals surface area contributed by atoms with Crippen molar-refractivity contribution in [1.82, 2.24) is 15.5 Å². The second-order valence-corrected chi connectivity index (χ2v) is 4.89. The summed E-state index contributed by atoms with van der Waals surface area (Å²) in [5.41, 5.74) is 1.28. The van der Waals surface area contributed by atoms with Gasteiger partial charge in [-0.3, -0.25) is 4.79 Å². The van der Waals surface area contributed by atoms with Crippen molar-refractivity contribution in [3.8, 4) is 11.4 Å². The molecule has 1 aromatic heterocycles. The monoisotopic (exact) mass is 311 g/mol. The molecule has 0 bridgehead atoms. The molecule has 0 saturated carbocycles. The van der Waals surface area contributed by atoms with Gasteiger partial charge in [-0.15, -0.1) is 0 Å². The molecular formula is C17H14FN3O2. The van der Waals surface area contributed by atoms with Crippen molar-refractivity contribution < 1.29 is 13.7 Å². The number of nitrogens with zero attached hydrogens (tertiary/aromatic N) is 2. The van der Waals surface area contributed by atoms with Crippen molar-refractivity contribution in [1.29, 1.82) is 0 Å². The molecule has 1 N–H and O–H groups in total. The van der Waals surface area contributed by atoms with E-state index in [1.807, 2.05) is 18.2 Å². The van der Waals surface area contributed by atoms with Gasteiger partial charge in [-0.1, -0.05) is 23.4 Å². The fourth-order valence-corrected chi connectivity index (χ4v) is 2.05. The molecule has 0 spiro atoms. The summed E-state index contributed by atoms with van der Waals surface area (Å²) in [5, 5.41) is 6.64. The first kappa shape index (κ1) is 14.9. The zero-order chi connectivity index (χ0) is 16.1. The topological polar surface area (TPSA) is 68.0 Å². The van der Waals surface area contributed by atoms with Crippen LogP contribution in [-0.4, -0.2) is 22.6 Å². The molecule has 1 heterocycles. The van der Waals surface area contributed by atoms with Gasteiger partial charge < -0.3 is 9.84 Å². The number of carbonyl (C=O) groups excluding carboxylic acids is 1. The molecule has 0 saturated heterocycles. The molecule has 1 amide bonds. The first-order valence-electron chi connectivity index (χ1n) is 7.14. The third kappa shape index (κ3) is 3.79. The summed E-state index contributed by atoms with van der Waals surface area (Å²) in [6, 6.07) is 14.8. The fourth-order valence-electron chi connectivity index (χ4n) is 2.05. The average molecular weight is 311 g/mol. The Morgan fingerprint density at radius 1 is 1.09 bits per heavy atom. The van der Waals surface area contributed by atoms with Crippen molar-refractivity contribution >= 4 is 5.91 Å². The van der Waals surface area contributed by atoms with Gasteiger partial charge in [-0.25, -0.2) is 4.39 Å². The number of carbonyl (C=O) groups is 1. The van der Waals surface area contributed by atoms with Crippen LogP contribution in [-0.2, 0) is 6.42 Å². The molecule has 116 valence electrons. The number of halogens is 1. The number of hydrogen-bond acceptors (Lipinski definition) is 4. The molecular weight excluding hydrogens is 297 g/mol. The maximum absolute atomic E-state index is 12.9. The number of aromatic nitrogens is 2. The summed E-state index contributed by atoms with van der Waals surface area (Å²) in [4.78, 5) is 16.1. The van der Waals surface area contributed by atoms with E-state index < -0.39 is 0 Å². The Morgan fingerprint density at radius 3 is 2.57 bits per heavy atom. The van der Waals surface area contributed by atoms with Crippen LogP contribution in [0.4, 0.5) is 4.39 Å². The quantitative estimate of drug-likeness (QED) is 0.786. The highest BCUT2D eigenvalue weighted by Gasteiger charge is 2.09. The zero-order valence-electron chi connectivity index (χ0n) is 12.2. The lowest BCUT2D eigenvalue weighted by atomic mass is 10.2. The van der Waals surface area contributed by atoms with E-state index in [-0.39, 0.29) is 11.7 Å². The van der Waals surface area contributed by atoms with E-state index in [9.17, 15) is 9.18 Å². The van der Waals surface area contributed by atoms with Crippen LogP contribution in [0.1, 0.15) is 16.2 Å². The molecule has 0 atom stereocenters. The van der Waals surface area contributed by atoms with Crippen LogP contribution in [0.5, 0.6) is 0 Å². The molecule has 3 rings (SSSR count). The van der Waals surface area contributed by atoms with E-state index in [4.69, 9.17) is 4.52 Å². The molecule has 2 aromatic carbocycles. The number of amides is 1. The van der Waals surface area contributed by atoms with Crippen LogP contribution in [0.3, 0.4) is 0 Å². The minimum absolute atomic E-state index is 0.149. The summed E-state index contributed by atoms with van der Waals surface area (Å²) in [6.45, 7) is 0.388. The van der Waals surface area contributed by atoms with E-state index in [2.05, 4.69) is 15.5 Å². The third-order valence-corrected chi connectivity index (χ3v) is 3.23. The smallest absolute Gasteiger partial charge is 0.251 e. The molecule has 0 radical (unpaired) electrons. The summed E-state index contributed by atoms with van der Waals surface area (Å²) in [5.74, 6) is 0.344. The lowest BCUT2D eigenvalue weighted by Gasteiger charge is -2.02. The second-order valence-electron chi connectivity index (χ2n) is 4.89. The Labute approximate surface area is 132 Å². The van der Waals surface area contributed by atoms with Crippen molar-refractivity contribution in [2.45, 2.75) is 6.42 Å². The highest BCUT2D eigenvalue weighted by Crippen LogP contribution is 2.16. The molecule has 3 aromatic rings. The molecule has 0 aliphatic heterocycles. The molecule has 5 nitrogen and oxygen atoms in total. The van der Waals surface area contributed by atoms with Crippen LogP contribution in [0.2, 0.25) is 0 Å². The molecule has 0 fully saturated rings. The maximum Gasteiger partial charge on any atom is 0.251 e. The normalized spacial score (nSPS) is 10.5. The van der Waals surface area contributed by atoms with E-state index in [1.165, 1.54) is 12.1 Å². The third-order valence-electron chi connectivity index (χ3n) is 3.23.